The number of amides is 1. The molecule has 4 aromatic carbocycles. The number of rotatable bonds is 14. The highest BCUT2D eigenvalue weighted by molar-refractivity contribution is 5.94. The summed E-state index contributed by atoms with van der Waals surface area (Å²) in [6.07, 6.45) is 4.45. The fourth-order valence-corrected chi connectivity index (χ4v) is 8.72. The van der Waals surface area contributed by atoms with Gasteiger partial charge in [-0.3, -0.25) is 24.3 Å². The van der Waals surface area contributed by atoms with E-state index in [0.717, 1.165) is 62.0 Å². The van der Waals surface area contributed by atoms with Crippen molar-refractivity contribution >= 4 is 22.8 Å². The Kier molecular flexibility index (Phi) is 13.3. The molecule has 0 aliphatic carbocycles. The first kappa shape index (κ1) is 41.6. The standard InChI is InChI=1S/C50H53N5O6/c56-44-18-15-41(42-16-19-46(58)53-48(42)44)45(57)31-51-29-34-22-26-55(27-23-34)49(59)40-14-17-43(52-30-40)38-12-7-13-39(28-38)47(37-10-5-2-6-11-37)50(60)61-33-36-20-24-54(25-21-36)32-35-8-3-1-4-9-35/h1-19,28,30,34,36,45,47,51,56-57H,20-27,29,31-33H2,(H,53,58). The predicted octanol–water partition coefficient (Wildman–Crippen LogP) is 7.06. The van der Waals surface area contributed by atoms with Gasteiger partial charge in [-0.1, -0.05) is 84.9 Å². The van der Waals surface area contributed by atoms with Crippen LogP contribution in [0.1, 0.15) is 70.3 Å². The van der Waals surface area contributed by atoms with Gasteiger partial charge in [0.15, 0.2) is 0 Å². The number of piperidine rings is 2. The molecule has 6 aromatic rings. The van der Waals surface area contributed by atoms with Crippen molar-refractivity contribution in [1.29, 1.82) is 0 Å². The molecule has 11 heteroatoms. The second-order valence-corrected chi connectivity index (χ2v) is 16.4. The van der Waals surface area contributed by atoms with Crippen molar-refractivity contribution in [1.82, 2.24) is 25.1 Å². The summed E-state index contributed by atoms with van der Waals surface area (Å²) in [5, 5.41) is 25.1. The highest BCUT2D eigenvalue weighted by atomic mass is 16.5. The molecule has 2 aliphatic rings. The minimum atomic E-state index is -0.829. The molecule has 0 bridgehead atoms. The van der Waals surface area contributed by atoms with E-state index < -0.39 is 12.0 Å². The van der Waals surface area contributed by atoms with Gasteiger partial charge in [-0.05, 0) is 110 Å². The Morgan fingerprint density at radius 3 is 2.26 bits per heavy atom. The van der Waals surface area contributed by atoms with E-state index in [1.54, 1.807) is 18.3 Å². The van der Waals surface area contributed by atoms with E-state index in [2.05, 4.69) is 39.5 Å². The number of nitrogens with zero attached hydrogens (tertiary/aromatic N) is 3. The number of pyridine rings is 2. The van der Waals surface area contributed by atoms with Crippen LogP contribution in [0, 0.1) is 11.8 Å². The molecule has 314 valence electrons. The number of H-pyrrole nitrogens is 1. The van der Waals surface area contributed by atoms with Gasteiger partial charge in [-0.2, -0.15) is 0 Å². The number of aliphatic hydroxyl groups is 1. The number of aromatic hydroxyl groups is 1. The van der Waals surface area contributed by atoms with Crippen LogP contribution in [-0.4, -0.2) is 87.7 Å². The van der Waals surface area contributed by atoms with Crippen LogP contribution in [0.4, 0.5) is 0 Å². The summed E-state index contributed by atoms with van der Waals surface area (Å²) in [7, 11) is 0. The van der Waals surface area contributed by atoms with Crippen molar-refractivity contribution in [3.63, 3.8) is 0 Å². The molecule has 2 unspecified atom stereocenters. The zero-order valence-electron chi connectivity index (χ0n) is 34.3. The van der Waals surface area contributed by atoms with Crippen LogP contribution in [0.2, 0.25) is 0 Å². The Morgan fingerprint density at radius 2 is 1.52 bits per heavy atom. The zero-order valence-corrected chi connectivity index (χ0v) is 34.3. The molecule has 8 rings (SSSR count). The van der Waals surface area contributed by atoms with Gasteiger partial charge in [0.25, 0.3) is 5.91 Å². The number of carbonyl (C=O) groups excluding carboxylic acids is 2. The third-order valence-corrected chi connectivity index (χ3v) is 12.3. The predicted molar refractivity (Wildman–Crippen MR) is 236 cm³/mol. The summed E-state index contributed by atoms with van der Waals surface area (Å²) in [4.78, 5) is 50.9. The van der Waals surface area contributed by atoms with Crippen molar-refractivity contribution in [2.75, 3.05) is 45.9 Å². The average molecular weight is 820 g/mol. The molecule has 0 saturated carbocycles. The van der Waals surface area contributed by atoms with E-state index in [9.17, 15) is 24.6 Å². The van der Waals surface area contributed by atoms with Gasteiger partial charge in [-0.25, -0.2) is 0 Å². The first-order chi connectivity index (χ1) is 29.8. The highest BCUT2D eigenvalue weighted by Crippen LogP contribution is 2.32. The fourth-order valence-electron chi connectivity index (χ4n) is 8.72. The lowest BCUT2D eigenvalue weighted by molar-refractivity contribution is -0.146. The van der Waals surface area contributed by atoms with Crippen molar-refractivity contribution in [2.24, 2.45) is 11.8 Å². The molecule has 2 atom stereocenters. The first-order valence-corrected chi connectivity index (χ1v) is 21.4. The van der Waals surface area contributed by atoms with Crippen LogP contribution < -0.4 is 10.9 Å². The lowest BCUT2D eigenvalue weighted by Crippen LogP contribution is -2.41. The number of phenols is 1. The molecule has 0 radical (unpaired) electrons. The Labute approximate surface area is 356 Å². The van der Waals surface area contributed by atoms with Gasteiger partial charge < -0.3 is 30.2 Å². The van der Waals surface area contributed by atoms with Crippen molar-refractivity contribution < 1.29 is 24.5 Å². The largest absolute Gasteiger partial charge is 0.506 e. The number of nitrogens with one attached hydrogen (secondary N) is 2. The van der Waals surface area contributed by atoms with E-state index in [1.165, 1.54) is 17.7 Å². The lowest BCUT2D eigenvalue weighted by Gasteiger charge is -2.32. The quantitative estimate of drug-likeness (QED) is 0.0849. The maximum Gasteiger partial charge on any atom is 0.317 e. The number of phenolic OH excluding ortho intramolecular Hbond substituents is 1. The molecule has 11 nitrogen and oxygen atoms in total. The Bertz CT molecular complexity index is 2460. The number of carbonyl (C=O) groups is 2. The van der Waals surface area contributed by atoms with E-state index in [-0.39, 0.29) is 23.2 Å². The SMILES string of the molecule is O=C(OCC1CCN(Cc2ccccc2)CC1)C(c1ccccc1)c1cccc(-c2ccc(C(=O)N3CCC(CNCC(O)c4ccc(O)c5[nH]c(=O)ccc45)CC3)cn2)c1. The number of aliphatic hydroxyl groups excluding tert-OH is 1. The number of hydrogen-bond donors (Lipinski definition) is 4. The molecule has 2 aliphatic heterocycles. The summed E-state index contributed by atoms with van der Waals surface area (Å²) in [5.74, 6) is -0.272. The first-order valence-electron chi connectivity index (χ1n) is 21.4. The Balaban J connectivity index is 0.835. The number of likely N-dealkylation sites (tertiary alicyclic amines) is 2. The van der Waals surface area contributed by atoms with Gasteiger partial charge >= 0.3 is 5.97 Å². The molecule has 2 fully saturated rings. The number of aromatic amines is 1. The number of fused-ring (bicyclic) bond motifs is 1. The van der Waals surface area contributed by atoms with Gasteiger partial charge in [0.1, 0.15) is 11.7 Å². The van der Waals surface area contributed by atoms with Crippen LogP contribution in [0.25, 0.3) is 22.2 Å². The molecule has 0 spiro atoms. The topological polar surface area (TPSA) is 148 Å². The molecular weight excluding hydrogens is 767 g/mol. The van der Waals surface area contributed by atoms with Gasteiger partial charge in [-0.15, -0.1) is 0 Å². The number of ether oxygens (including phenoxy) is 1. The second kappa shape index (κ2) is 19.5. The molecule has 1 amide bonds. The van der Waals surface area contributed by atoms with E-state index in [4.69, 9.17) is 9.72 Å². The molecule has 4 heterocycles. The van der Waals surface area contributed by atoms with Crippen molar-refractivity contribution in [3.8, 4) is 17.0 Å². The third-order valence-electron chi connectivity index (χ3n) is 12.3. The summed E-state index contributed by atoms with van der Waals surface area (Å²) in [5.41, 5.74) is 5.71. The average Bonchev–Trinajstić information content (AvgIpc) is 3.30. The maximum atomic E-state index is 13.9. The Hall–Kier alpha value is -6.14. The second-order valence-electron chi connectivity index (χ2n) is 16.4. The van der Waals surface area contributed by atoms with Crippen LogP contribution in [0.5, 0.6) is 5.75 Å². The van der Waals surface area contributed by atoms with Gasteiger partial charge in [0.2, 0.25) is 5.56 Å². The van der Waals surface area contributed by atoms with Crippen LogP contribution >= 0.6 is 0 Å². The van der Waals surface area contributed by atoms with Crippen LogP contribution in [0.15, 0.2) is 132 Å². The summed E-state index contributed by atoms with van der Waals surface area (Å²) in [6, 6.07) is 38.0. The summed E-state index contributed by atoms with van der Waals surface area (Å²) >= 11 is 0. The molecule has 2 aromatic heterocycles. The van der Waals surface area contributed by atoms with E-state index in [0.29, 0.717) is 72.3 Å². The monoisotopic (exact) mass is 819 g/mol. The van der Waals surface area contributed by atoms with Crippen molar-refractivity contribution in [3.05, 3.63) is 166 Å². The summed E-state index contributed by atoms with van der Waals surface area (Å²) < 4.78 is 6.08. The number of aromatic nitrogens is 2. The Morgan fingerprint density at radius 1 is 0.803 bits per heavy atom. The fraction of sp³-hybridized carbons (Fsp3) is 0.320. The van der Waals surface area contributed by atoms with Crippen LogP contribution in [0.3, 0.4) is 0 Å². The normalized spacial score (nSPS) is 16.3. The minimum absolute atomic E-state index is 0.0420. The molecule has 4 N–H and O–H groups in total. The molecule has 61 heavy (non-hydrogen) atoms. The van der Waals surface area contributed by atoms with E-state index >= 15 is 0 Å². The number of benzene rings is 4. The van der Waals surface area contributed by atoms with Crippen molar-refractivity contribution in [2.45, 2.75) is 44.2 Å². The highest BCUT2D eigenvalue weighted by Gasteiger charge is 2.28. The number of hydrogen-bond acceptors (Lipinski definition) is 9. The minimum Gasteiger partial charge on any atom is -0.506 e. The number of esters is 1. The zero-order chi connectivity index (χ0) is 42.1. The molecular formula is C50H53N5O6. The maximum absolute atomic E-state index is 13.9. The van der Waals surface area contributed by atoms with Gasteiger partial charge in [0, 0.05) is 49.4 Å². The lowest BCUT2D eigenvalue weighted by atomic mass is 9.89. The molecule has 2 saturated heterocycles. The summed E-state index contributed by atoms with van der Waals surface area (Å²) in [6.45, 7) is 5.56. The third kappa shape index (κ3) is 10.3. The van der Waals surface area contributed by atoms with E-state index in [1.807, 2.05) is 77.7 Å². The van der Waals surface area contributed by atoms with Gasteiger partial charge in [0.05, 0.1) is 29.5 Å². The van der Waals surface area contributed by atoms with Crippen LogP contribution in [-0.2, 0) is 16.1 Å². The smallest absolute Gasteiger partial charge is 0.317 e.